The number of hydrogen-bond acceptors (Lipinski definition) is 3. The topological polar surface area (TPSA) is 55.8 Å². The van der Waals surface area contributed by atoms with E-state index in [9.17, 15) is 4.79 Å². The third-order valence-electron chi connectivity index (χ3n) is 3.09. The second-order valence-electron chi connectivity index (χ2n) is 4.87. The van der Waals surface area contributed by atoms with Crippen molar-refractivity contribution in [2.24, 2.45) is 5.41 Å². The molecule has 100 valence electrons. The van der Waals surface area contributed by atoms with Crippen LogP contribution in [0.4, 0.5) is 0 Å². The SMILES string of the molecule is COc1ccc(OC)c(CCC(C)(C)C(=O)O)c1. The molecule has 0 heterocycles. The summed E-state index contributed by atoms with van der Waals surface area (Å²) in [4.78, 5) is 11.1. The highest BCUT2D eigenvalue weighted by Crippen LogP contribution is 2.29. The van der Waals surface area contributed by atoms with Gasteiger partial charge in [-0.05, 0) is 50.5 Å². The van der Waals surface area contributed by atoms with Gasteiger partial charge < -0.3 is 14.6 Å². The summed E-state index contributed by atoms with van der Waals surface area (Å²) >= 11 is 0. The van der Waals surface area contributed by atoms with Crippen molar-refractivity contribution in [2.75, 3.05) is 14.2 Å². The molecule has 0 fully saturated rings. The summed E-state index contributed by atoms with van der Waals surface area (Å²) in [5, 5.41) is 9.09. The van der Waals surface area contributed by atoms with Gasteiger partial charge in [0.1, 0.15) is 11.5 Å². The van der Waals surface area contributed by atoms with E-state index >= 15 is 0 Å². The first-order valence-corrected chi connectivity index (χ1v) is 5.85. The van der Waals surface area contributed by atoms with E-state index in [1.54, 1.807) is 28.1 Å². The Morgan fingerprint density at radius 1 is 1.28 bits per heavy atom. The van der Waals surface area contributed by atoms with Gasteiger partial charge in [-0.3, -0.25) is 4.79 Å². The molecule has 4 nitrogen and oxygen atoms in total. The van der Waals surface area contributed by atoms with E-state index in [0.29, 0.717) is 12.8 Å². The standard InChI is InChI=1S/C14H20O4/c1-14(2,13(15)16)8-7-10-9-11(17-3)5-6-12(10)18-4/h5-6,9H,7-8H2,1-4H3,(H,15,16). The molecule has 0 aliphatic carbocycles. The van der Waals surface area contributed by atoms with E-state index in [2.05, 4.69) is 0 Å². The van der Waals surface area contributed by atoms with E-state index in [-0.39, 0.29) is 0 Å². The highest BCUT2D eigenvalue weighted by molar-refractivity contribution is 5.73. The molecule has 0 amide bonds. The minimum absolute atomic E-state index is 0.547. The van der Waals surface area contributed by atoms with E-state index in [4.69, 9.17) is 14.6 Å². The summed E-state index contributed by atoms with van der Waals surface area (Å²) in [6.45, 7) is 3.45. The number of hydrogen-bond donors (Lipinski definition) is 1. The van der Waals surface area contributed by atoms with Crippen molar-refractivity contribution in [1.29, 1.82) is 0 Å². The van der Waals surface area contributed by atoms with E-state index < -0.39 is 11.4 Å². The zero-order valence-corrected chi connectivity index (χ0v) is 11.3. The molecular weight excluding hydrogens is 232 g/mol. The molecule has 1 N–H and O–H groups in total. The maximum absolute atomic E-state index is 11.1. The summed E-state index contributed by atoms with van der Waals surface area (Å²) in [6, 6.07) is 5.55. The molecule has 0 atom stereocenters. The normalized spacial score (nSPS) is 11.1. The highest BCUT2D eigenvalue weighted by Gasteiger charge is 2.27. The predicted octanol–water partition coefficient (Wildman–Crippen LogP) is 2.75. The average Bonchev–Trinajstić information content (AvgIpc) is 2.35. The van der Waals surface area contributed by atoms with Crippen molar-refractivity contribution < 1.29 is 19.4 Å². The minimum Gasteiger partial charge on any atom is -0.497 e. The minimum atomic E-state index is -0.788. The van der Waals surface area contributed by atoms with Crippen LogP contribution in [0.15, 0.2) is 18.2 Å². The Morgan fingerprint density at radius 2 is 1.94 bits per heavy atom. The number of aliphatic carboxylic acids is 1. The summed E-state index contributed by atoms with van der Waals surface area (Å²) in [7, 11) is 3.21. The monoisotopic (exact) mass is 252 g/mol. The Hall–Kier alpha value is -1.71. The van der Waals surface area contributed by atoms with E-state index in [1.165, 1.54) is 0 Å². The quantitative estimate of drug-likeness (QED) is 0.845. The van der Waals surface area contributed by atoms with Crippen LogP contribution in [0.2, 0.25) is 0 Å². The van der Waals surface area contributed by atoms with Gasteiger partial charge in [0.25, 0.3) is 0 Å². The van der Waals surface area contributed by atoms with Gasteiger partial charge in [-0.15, -0.1) is 0 Å². The molecule has 1 aromatic rings. The van der Waals surface area contributed by atoms with Gasteiger partial charge in [0.05, 0.1) is 19.6 Å². The number of carboxylic acids is 1. The molecule has 0 saturated heterocycles. The predicted molar refractivity (Wildman–Crippen MR) is 69.3 cm³/mol. The number of carbonyl (C=O) groups is 1. The molecule has 1 rings (SSSR count). The number of benzene rings is 1. The summed E-state index contributed by atoms with van der Waals surface area (Å²) in [6.07, 6.45) is 1.19. The lowest BCUT2D eigenvalue weighted by Gasteiger charge is -2.19. The fourth-order valence-electron chi connectivity index (χ4n) is 1.63. The molecule has 4 heteroatoms. The molecule has 0 aromatic heterocycles. The Morgan fingerprint density at radius 3 is 2.44 bits per heavy atom. The number of rotatable bonds is 6. The molecule has 0 spiro atoms. The van der Waals surface area contributed by atoms with Crippen molar-refractivity contribution in [3.63, 3.8) is 0 Å². The van der Waals surface area contributed by atoms with Crippen LogP contribution in [0.3, 0.4) is 0 Å². The maximum Gasteiger partial charge on any atom is 0.309 e. The van der Waals surface area contributed by atoms with Crippen LogP contribution >= 0.6 is 0 Å². The van der Waals surface area contributed by atoms with Gasteiger partial charge in [0, 0.05) is 0 Å². The zero-order valence-electron chi connectivity index (χ0n) is 11.3. The van der Waals surface area contributed by atoms with Crippen molar-refractivity contribution in [3.8, 4) is 11.5 Å². The lowest BCUT2D eigenvalue weighted by atomic mass is 9.86. The van der Waals surface area contributed by atoms with E-state index in [1.807, 2.05) is 18.2 Å². The van der Waals surface area contributed by atoms with Gasteiger partial charge in [0.15, 0.2) is 0 Å². The molecular formula is C14H20O4. The lowest BCUT2D eigenvalue weighted by Crippen LogP contribution is -2.24. The third kappa shape index (κ3) is 3.39. The van der Waals surface area contributed by atoms with Crippen molar-refractivity contribution >= 4 is 5.97 Å². The number of aryl methyl sites for hydroxylation is 1. The molecule has 0 unspecified atom stereocenters. The maximum atomic E-state index is 11.1. The first kappa shape index (κ1) is 14.4. The molecule has 0 bridgehead atoms. The van der Waals surface area contributed by atoms with Crippen LogP contribution < -0.4 is 9.47 Å². The van der Waals surface area contributed by atoms with Crippen LogP contribution in [0.1, 0.15) is 25.8 Å². The molecule has 0 saturated carbocycles. The van der Waals surface area contributed by atoms with Crippen molar-refractivity contribution in [3.05, 3.63) is 23.8 Å². The summed E-state index contributed by atoms with van der Waals surface area (Å²) < 4.78 is 10.4. The van der Waals surface area contributed by atoms with Crippen molar-refractivity contribution in [2.45, 2.75) is 26.7 Å². The first-order valence-electron chi connectivity index (χ1n) is 5.85. The Balaban J connectivity index is 2.86. The fraction of sp³-hybridized carbons (Fsp3) is 0.500. The molecule has 18 heavy (non-hydrogen) atoms. The Kier molecular flexibility index (Phi) is 4.59. The van der Waals surface area contributed by atoms with E-state index in [0.717, 1.165) is 17.1 Å². The zero-order chi connectivity index (χ0) is 13.8. The number of methoxy groups -OCH3 is 2. The van der Waals surface area contributed by atoms with Gasteiger partial charge >= 0.3 is 5.97 Å². The largest absolute Gasteiger partial charge is 0.497 e. The summed E-state index contributed by atoms with van der Waals surface area (Å²) in [5.41, 5.74) is 0.222. The first-order chi connectivity index (χ1) is 8.40. The van der Waals surface area contributed by atoms with Crippen molar-refractivity contribution in [1.82, 2.24) is 0 Å². The van der Waals surface area contributed by atoms with Crippen LogP contribution in [0, 0.1) is 5.41 Å². The Labute approximate surface area is 108 Å². The smallest absolute Gasteiger partial charge is 0.309 e. The summed E-state index contributed by atoms with van der Waals surface area (Å²) in [5.74, 6) is 0.722. The average molecular weight is 252 g/mol. The molecule has 0 radical (unpaired) electrons. The van der Waals surface area contributed by atoms with Gasteiger partial charge in [-0.1, -0.05) is 0 Å². The van der Waals surface area contributed by atoms with Crippen LogP contribution in [0.25, 0.3) is 0 Å². The van der Waals surface area contributed by atoms with Crippen LogP contribution in [-0.4, -0.2) is 25.3 Å². The van der Waals surface area contributed by atoms with Crippen LogP contribution in [0.5, 0.6) is 11.5 Å². The third-order valence-corrected chi connectivity index (χ3v) is 3.09. The lowest BCUT2D eigenvalue weighted by molar-refractivity contribution is -0.147. The highest BCUT2D eigenvalue weighted by atomic mass is 16.5. The number of ether oxygens (including phenoxy) is 2. The second-order valence-corrected chi connectivity index (χ2v) is 4.87. The molecule has 0 aliphatic rings. The fourth-order valence-corrected chi connectivity index (χ4v) is 1.63. The molecule has 1 aromatic carbocycles. The van der Waals surface area contributed by atoms with Crippen LogP contribution in [-0.2, 0) is 11.2 Å². The Bertz CT molecular complexity index is 424. The van der Waals surface area contributed by atoms with Gasteiger partial charge in [-0.2, -0.15) is 0 Å². The number of carboxylic acid groups (broad SMARTS) is 1. The second kappa shape index (κ2) is 5.76. The van der Waals surface area contributed by atoms with Gasteiger partial charge in [-0.25, -0.2) is 0 Å². The molecule has 0 aliphatic heterocycles. The van der Waals surface area contributed by atoms with Gasteiger partial charge in [0.2, 0.25) is 0 Å².